The summed E-state index contributed by atoms with van der Waals surface area (Å²) in [6.45, 7) is 7.76. The lowest BCUT2D eigenvalue weighted by atomic mass is 10.2. The topological polar surface area (TPSA) is 67.4 Å². The number of ether oxygens (including phenoxy) is 1. The van der Waals surface area contributed by atoms with E-state index in [-0.39, 0.29) is 18.1 Å². The van der Waals surface area contributed by atoms with Crippen molar-refractivity contribution >= 4 is 29.2 Å². The fourth-order valence-electron chi connectivity index (χ4n) is 2.92. The third-order valence-electron chi connectivity index (χ3n) is 4.06. The highest BCUT2D eigenvalue weighted by molar-refractivity contribution is 7.99. The molecule has 0 saturated carbocycles. The van der Waals surface area contributed by atoms with Crippen molar-refractivity contribution in [2.45, 2.75) is 38.0 Å². The number of hydrogen-bond donors (Lipinski definition) is 1. The summed E-state index contributed by atoms with van der Waals surface area (Å²) < 4.78 is 5.77. The smallest absolute Gasteiger partial charge is 0.234 e. The van der Waals surface area contributed by atoms with E-state index in [1.165, 1.54) is 11.8 Å². The summed E-state index contributed by atoms with van der Waals surface area (Å²) in [7, 11) is 0. The largest absolute Gasteiger partial charge is 0.372 e. The molecule has 1 aliphatic heterocycles. The molecule has 2 heterocycles. The molecule has 6 nitrogen and oxygen atoms in total. The number of thioether (sulfide) groups is 1. The molecule has 1 aliphatic rings. The fraction of sp³-hybridized carbons (Fsp3) is 0.421. The Hall–Kier alpha value is -2.12. The van der Waals surface area contributed by atoms with Gasteiger partial charge in [-0.1, -0.05) is 29.5 Å². The number of anilines is 2. The van der Waals surface area contributed by atoms with Crippen LogP contribution >= 0.6 is 11.8 Å². The van der Waals surface area contributed by atoms with Gasteiger partial charge in [0.2, 0.25) is 5.91 Å². The molecular weight excluding hydrogens is 348 g/mol. The van der Waals surface area contributed by atoms with Gasteiger partial charge >= 0.3 is 0 Å². The Morgan fingerprint density at radius 1 is 1.23 bits per heavy atom. The normalized spacial score (nSPS) is 20.0. The van der Waals surface area contributed by atoms with Crippen LogP contribution in [0.25, 0.3) is 0 Å². The molecule has 1 N–H and O–H groups in total. The molecule has 1 saturated heterocycles. The van der Waals surface area contributed by atoms with Crippen LogP contribution in [0.5, 0.6) is 0 Å². The lowest BCUT2D eigenvalue weighted by Crippen LogP contribution is -2.45. The van der Waals surface area contributed by atoms with Crippen molar-refractivity contribution < 1.29 is 9.53 Å². The van der Waals surface area contributed by atoms with Crippen molar-refractivity contribution in [1.82, 2.24) is 9.97 Å². The third-order valence-corrected chi connectivity index (χ3v) is 4.98. The van der Waals surface area contributed by atoms with E-state index in [0.29, 0.717) is 5.75 Å². The second kappa shape index (κ2) is 8.51. The first-order chi connectivity index (χ1) is 12.5. The van der Waals surface area contributed by atoms with E-state index in [4.69, 9.17) is 4.74 Å². The highest BCUT2D eigenvalue weighted by Gasteiger charge is 2.23. The molecule has 138 valence electrons. The lowest BCUT2D eigenvalue weighted by Gasteiger charge is -2.36. The zero-order valence-electron chi connectivity index (χ0n) is 15.3. The Kier molecular flexibility index (Phi) is 6.11. The Balaban J connectivity index is 1.56. The van der Waals surface area contributed by atoms with E-state index in [2.05, 4.69) is 34.0 Å². The van der Waals surface area contributed by atoms with Gasteiger partial charge in [0.25, 0.3) is 0 Å². The monoisotopic (exact) mass is 372 g/mol. The highest BCUT2D eigenvalue weighted by atomic mass is 32.2. The van der Waals surface area contributed by atoms with Gasteiger partial charge in [0.05, 0.1) is 18.0 Å². The number of nitrogens with one attached hydrogen (secondary N) is 1. The maximum atomic E-state index is 12.1. The maximum absolute atomic E-state index is 12.1. The van der Waals surface area contributed by atoms with Gasteiger partial charge in [-0.3, -0.25) is 4.79 Å². The SMILES string of the molecule is Cc1ccc(NC(=O)CSc2cc(N3CC(C)OC(C)C3)ncn2)cc1. The van der Waals surface area contributed by atoms with Crippen LogP contribution in [0.3, 0.4) is 0 Å². The summed E-state index contributed by atoms with van der Waals surface area (Å²) >= 11 is 1.41. The van der Waals surface area contributed by atoms with Crippen LogP contribution in [0.2, 0.25) is 0 Å². The molecule has 0 bridgehead atoms. The Bertz CT molecular complexity index is 743. The zero-order chi connectivity index (χ0) is 18.5. The quantitative estimate of drug-likeness (QED) is 0.642. The number of carbonyl (C=O) groups excluding carboxylic acids is 1. The molecule has 2 aromatic rings. The maximum Gasteiger partial charge on any atom is 0.234 e. The highest BCUT2D eigenvalue weighted by Crippen LogP contribution is 2.23. The lowest BCUT2D eigenvalue weighted by molar-refractivity contribution is -0.113. The molecule has 1 aromatic carbocycles. The second-order valence-corrected chi connectivity index (χ2v) is 7.58. The van der Waals surface area contributed by atoms with Crippen LogP contribution < -0.4 is 10.2 Å². The fourth-order valence-corrected chi connectivity index (χ4v) is 3.58. The van der Waals surface area contributed by atoms with Crippen molar-refractivity contribution in [2.75, 3.05) is 29.1 Å². The predicted octanol–water partition coefficient (Wildman–Crippen LogP) is 3.13. The van der Waals surface area contributed by atoms with Crippen LogP contribution in [0.4, 0.5) is 11.5 Å². The second-order valence-electron chi connectivity index (χ2n) is 6.58. The molecule has 26 heavy (non-hydrogen) atoms. The molecular formula is C19H24N4O2S. The van der Waals surface area contributed by atoms with Crippen molar-refractivity contribution in [3.05, 3.63) is 42.2 Å². The van der Waals surface area contributed by atoms with Crippen LogP contribution in [0, 0.1) is 6.92 Å². The van der Waals surface area contributed by atoms with E-state index in [9.17, 15) is 4.79 Å². The Labute approximate surface area is 158 Å². The van der Waals surface area contributed by atoms with Crippen LogP contribution in [-0.4, -0.2) is 46.9 Å². The van der Waals surface area contributed by atoms with Gasteiger partial charge in [0.15, 0.2) is 0 Å². The van der Waals surface area contributed by atoms with Gasteiger partial charge < -0.3 is 15.0 Å². The average molecular weight is 372 g/mol. The third kappa shape index (κ3) is 5.19. The van der Waals surface area contributed by atoms with E-state index in [0.717, 1.165) is 35.2 Å². The summed E-state index contributed by atoms with van der Waals surface area (Å²) in [4.78, 5) is 23.0. The van der Waals surface area contributed by atoms with E-state index in [1.54, 1.807) is 6.33 Å². The molecule has 0 radical (unpaired) electrons. The van der Waals surface area contributed by atoms with Crippen molar-refractivity contribution in [1.29, 1.82) is 0 Å². The minimum atomic E-state index is -0.0485. The summed E-state index contributed by atoms with van der Waals surface area (Å²) in [5, 5.41) is 3.69. The number of rotatable bonds is 5. The molecule has 2 unspecified atom stereocenters. The molecule has 7 heteroatoms. The number of amides is 1. The van der Waals surface area contributed by atoms with Crippen LogP contribution in [-0.2, 0) is 9.53 Å². The number of nitrogens with zero attached hydrogens (tertiary/aromatic N) is 3. The first-order valence-corrected chi connectivity index (χ1v) is 9.70. The van der Waals surface area contributed by atoms with E-state index < -0.39 is 0 Å². The number of carbonyl (C=O) groups is 1. The molecule has 1 aromatic heterocycles. The summed E-state index contributed by atoms with van der Waals surface area (Å²) in [6, 6.07) is 9.70. The Morgan fingerprint density at radius 2 is 1.92 bits per heavy atom. The molecule has 1 amide bonds. The van der Waals surface area contributed by atoms with Crippen molar-refractivity contribution in [3.8, 4) is 0 Å². The van der Waals surface area contributed by atoms with Gasteiger partial charge in [-0.25, -0.2) is 9.97 Å². The van der Waals surface area contributed by atoms with Crippen LogP contribution in [0.1, 0.15) is 19.4 Å². The summed E-state index contributed by atoms with van der Waals surface area (Å²) in [6.07, 6.45) is 1.90. The standard InChI is InChI=1S/C19H24N4O2S/c1-13-4-6-16(7-5-13)22-18(24)11-26-19-8-17(20-12-21-19)23-9-14(2)25-15(3)10-23/h4-8,12,14-15H,9-11H2,1-3H3,(H,22,24). The van der Waals surface area contributed by atoms with E-state index in [1.807, 2.05) is 37.3 Å². The molecule has 0 spiro atoms. The number of morpholine rings is 1. The average Bonchev–Trinajstić information content (AvgIpc) is 2.61. The van der Waals surface area contributed by atoms with Gasteiger partial charge in [-0.05, 0) is 32.9 Å². The summed E-state index contributed by atoms with van der Waals surface area (Å²) in [5.74, 6) is 1.14. The van der Waals surface area contributed by atoms with Crippen molar-refractivity contribution in [2.24, 2.45) is 0 Å². The minimum Gasteiger partial charge on any atom is -0.372 e. The molecule has 0 aliphatic carbocycles. The van der Waals surface area contributed by atoms with Gasteiger partial charge in [0, 0.05) is 24.8 Å². The Morgan fingerprint density at radius 3 is 2.62 bits per heavy atom. The minimum absolute atomic E-state index is 0.0485. The number of hydrogen-bond acceptors (Lipinski definition) is 6. The molecule has 3 rings (SSSR count). The van der Waals surface area contributed by atoms with E-state index >= 15 is 0 Å². The van der Waals surface area contributed by atoms with Crippen LogP contribution in [0.15, 0.2) is 41.7 Å². The zero-order valence-corrected chi connectivity index (χ0v) is 16.1. The molecule has 2 atom stereocenters. The predicted molar refractivity (Wildman–Crippen MR) is 105 cm³/mol. The van der Waals surface area contributed by atoms with Crippen molar-refractivity contribution in [3.63, 3.8) is 0 Å². The number of benzene rings is 1. The summed E-state index contributed by atoms with van der Waals surface area (Å²) in [5.41, 5.74) is 1.97. The molecule has 1 fully saturated rings. The van der Waals surface area contributed by atoms with Gasteiger partial charge in [0.1, 0.15) is 17.2 Å². The first kappa shape index (κ1) is 18.7. The van der Waals surface area contributed by atoms with Gasteiger partial charge in [-0.15, -0.1) is 0 Å². The van der Waals surface area contributed by atoms with Gasteiger partial charge in [-0.2, -0.15) is 0 Å². The first-order valence-electron chi connectivity index (χ1n) is 8.71. The number of aromatic nitrogens is 2. The number of aryl methyl sites for hydroxylation is 1.